The van der Waals surface area contributed by atoms with Crippen molar-refractivity contribution in [1.29, 1.82) is 0 Å². The fourth-order valence-corrected chi connectivity index (χ4v) is 5.88. The number of nitrogens with zero attached hydrogens (tertiary/aromatic N) is 4. The molecule has 3 aromatic rings. The number of carbonyl (C=O) groups excluding carboxylic acids is 1. The standard InChI is InChI=1S/C33H45N5O2/c1-33(2,3)29-15-13-27(14-16-29)31-35-30(40-36-31)24-38-19-9-12-28(23-38)32(39)34-21-25-10-8-11-26(20-25)22-37-17-6-4-5-7-18-37/h8,10-11,13-16,20,28H,4-7,9,12,17-19,21-24H2,1-3H3,(H,34,39). The van der Waals surface area contributed by atoms with Gasteiger partial charge in [-0.05, 0) is 67.4 Å². The maximum absolute atomic E-state index is 13.1. The van der Waals surface area contributed by atoms with Gasteiger partial charge < -0.3 is 9.84 Å². The van der Waals surface area contributed by atoms with Crippen LogP contribution >= 0.6 is 0 Å². The Labute approximate surface area is 239 Å². The number of likely N-dealkylation sites (tertiary alicyclic amines) is 2. The molecule has 0 bridgehead atoms. The average molecular weight is 544 g/mol. The molecule has 0 saturated carbocycles. The van der Waals surface area contributed by atoms with Gasteiger partial charge in [0, 0.05) is 25.2 Å². The molecule has 2 aliphatic heterocycles. The molecule has 0 spiro atoms. The van der Waals surface area contributed by atoms with Crippen LogP contribution in [0.3, 0.4) is 0 Å². The van der Waals surface area contributed by atoms with E-state index in [1.807, 2.05) is 0 Å². The first-order chi connectivity index (χ1) is 19.3. The predicted octanol–water partition coefficient (Wildman–Crippen LogP) is 5.94. The highest BCUT2D eigenvalue weighted by molar-refractivity contribution is 5.79. The van der Waals surface area contributed by atoms with E-state index in [4.69, 9.17) is 4.52 Å². The Morgan fingerprint density at radius 3 is 2.40 bits per heavy atom. The summed E-state index contributed by atoms with van der Waals surface area (Å²) in [6.45, 7) is 12.8. The summed E-state index contributed by atoms with van der Waals surface area (Å²) in [7, 11) is 0. The molecule has 7 heteroatoms. The molecule has 40 heavy (non-hydrogen) atoms. The van der Waals surface area contributed by atoms with E-state index in [1.54, 1.807) is 0 Å². The number of aromatic nitrogens is 2. The maximum Gasteiger partial charge on any atom is 0.241 e. The fourth-order valence-electron chi connectivity index (χ4n) is 5.88. The molecular formula is C33H45N5O2. The van der Waals surface area contributed by atoms with Crippen molar-refractivity contribution in [3.63, 3.8) is 0 Å². The third kappa shape index (κ3) is 7.79. The van der Waals surface area contributed by atoms with Crippen molar-refractivity contribution in [2.75, 3.05) is 26.2 Å². The van der Waals surface area contributed by atoms with Crippen molar-refractivity contribution in [1.82, 2.24) is 25.3 Å². The maximum atomic E-state index is 13.1. The van der Waals surface area contributed by atoms with Crippen LogP contribution in [-0.2, 0) is 29.8 Å². The normalized spacial score (nSPS) is 19.3. The Morgan fingerprint density at radius 1 is 0.925 bits per heavy atom. The van der Waals surface area contributed by atoms with Crippen molar-refractivity contribution in [2.45, 2.75) is 84.3 Å². The quantitative estimate of drug-likeness (QED) is 0.379. The van der Waals surface area contributed by atoms with E-state index in [-0.39, 0.29) is 17.2 Å². The number of benzene rings is 2. The number of carbonyl (C=O) groups is 1. The summed E-state index contributed by atoms with van der Waals surface area (Å²) in [5, 5.41) is 7.42. The molecule has 5 rings (SSSR count). The molecule has 2 fully saturated rings. The lowest BCUT2D eigenvalue weighted by Crippen LogP contribution is -2.42. The molecular weight excluding hydrogens is 498 g/mol. The van der Waals surface area contributed by atoms with Crippen LogP contribution in [0.5, 0.6) is 0 Å². The zero-order chi connectivity index (χ0) is 28.0. The Morgan fingerprint density at radius 2 is 1.65 bits per heavy atom. The second-order valence-electron chi connectivity index (χ2n) is 12.6. The van der Waals surface area contributed by atoms with Gasteiger partial charge in [0.2, 0.25) is 17.6 Å². The predicted molar refractivity (Wildman–Crippen MR) is 158 cm³/mol. The van der Waals surface area contributed by atoms with Crippen molar-refractivity contribution in [3.8, 4) is 11.4 Å². The van der Waals surface area contributed by atoms with Crippen LogP contribution in [0, 0.1) is 5.92 Å². The molecule has 2 aliphatic rings. The zero-order valence-corrected chi connectivity index (χ0v) is 24.5. The first kappa shape index (κ1) is 28.5. The van der Waals surface area contributed by atoms with Crippen molar-refractivity contribution >= 4 is 5.91 Å². The average Bonchev–Trinajstić information content (AvgIpc) is 3.26. The van der Waals surface area contributed by atoms with Crippen molar-refractivity contribution < 1.29 is 9.32 Å². The minimum absolute atomic E-state index is 0.0265. The van der Waals surface area contributed by atoms with Gasteiger partial charge in [0.05, 0.1) is 12.5 Å². The topological polar surface area (TPSA) is 74.5 Å². The van der Waals surface area contributed by atoms with Crippen LogP contribution in [0.15, 0.2) is 53.1 Å². The number of amides is 1. The summed E-state index contributed by atoms with van der Waals surface area (Å²) < 4.78 is 5.59. The van der Waals surface area contributed by atoms with E-state index in [1.165, 1.54) is 55.5 Å². The summed E-state index contributed by atoms with van der Waals surface area (Å²) in [6.07, 6.45) is 7.19. The number of hydrogen-bond acceptors (Lipinski definition) is 6. The molecule has 1 atom stereocenters. The Hall–Kier alpha value is -3.03. The number of nitrogens with one attached hydrogen (secondary N) is 1. The van der Waals surface area contributed by atoms with Crippen LogP contribution in [0.25, 0.3) is 11.4 Å². The summed E-state index contributed by atoms with van der Waals surface area (Å²) in [5.41, 5.74) is 4.84. The first-order valence-electron chi connectivity index (χ1n) is 15.1. The highest BCUT2D eigenvalue weighted by Gasteiger charge is 2.27. The second-order valence-corrected chi connectivity index (χ2v) is 12.6. The summed E-state index contributed by atoms with van der Waals surface area (Å²) in [6, 6.07) is 17.1. The van der Waals surface area contributed by atoms with Gasteiger partial charge in [-0.25, -0.2) is 0 Å². The summed E-state index contributed by atoms with van der Waals surface area (Å²) in [5.74, 6) is 1.31. The molecule has 0 aliphatic carbocycles. The smallest absolute Gasteiger partial charge is 0.241 e. The van der Waals surface area contributed by atoms with E-state index >= 15 is 0 Å². The lowest BCUT2D eigenvalue weighted by atomic mass is 9.87. The van der Waals surface area contributed by atoms with Crippen LogP contribution in [-0.4, -0.2) is 52.0 Å². The molecule has 1 unspecified atom stereocenters. The van der Waals surface area contributed by atoms with Crippen molar-refractivity contribution in [2.24, 2.45) is 5.92 Å². The van der Waals surface area contributed by atoms with E-state index in [9.17, 15) is 4.79 Å². The minimum Gasteiger partial charge on any atom is -0.352 e. The third-order valence-electron chi connectivity index (χ3n) is 8.28. The molecule has 1 N–H and O–H groups in total. The Kier molecular flexibility index (Phi) is 9.33. The van der Waals surface area contributed by atoms with E-state index in [0.717, 1.165) is 31.5 Å². The molecule has 1 amide bonds. The highest BCUT2D eigenvalue weighted by atomic mass is 16.5. The third-order valence-corrected chi connectivity index (χ3v) is 8.28. The van der Waals surface area contributed by atoms with Gasteiger partial charge in [0.1, 0.15) is 0 Å². The fraction of sp³-hybridized carbons (Fsp3) is 0.545. The molecule has 2 saturated heterocycles. The minimum atomic E-state index is -0.0265. The van der Waals surface area contributed by atoms with Crippen LogP contribution in [0.4, 0.5) is 0 Å². The molecule has 3 heterocycles. The molecule has 2 aromatic carbocycles. The van der Waals surface area contributed by atoms with Crippen molar-refractivity contribution in [3.05, 3.63) is 71.1 Å². The first-order valence-corrected chi connectivity index (χ1v) is 15.1. The van der Waals surface area contributed by atoms with Crippen LogP contribution in [0.1, 0.15) is 81.9 Å². The summed E-state index contributed by atoms with van der Waals surface area (Å²) >= 11 is 0. The Bertz CT molecular complexity index is 1240. The summed E-state index contributed by atoms with van der Waals surface area (Å²) in [4.78, 5) is 22.6. The molecule has 214 valence electrons. The van der Waals surface area contributed by atoms with Gasteiger partial charge in [-0.15, -0.1) is 0 Å². The Balaban J connectivity index is 1.11. The number of hydrogen-bond donors (Lipinski definition) is 1. The monoisotopic (exact) mass is 543 g/mol. The second kappa shape index (κ2) is 13.1. The number of piperidine rings is 1. The van der Waals surface area contributed by atoms with E-state index in [0.29, 0.717) is 31.3 Å². The van der Waals surface area contributed by atoms with E-state index in [2.05, 4.69) is 94.6 Å². The number of rotatable bonds is 8. The van der Waals surface area contributed by atoms with Gasteiger partial charge in [0.25, 0.3) is 0 Å². The molecule has 0 radical (unpaired) electrons. The van der Waals surface area contributed by atoms with Crippen LogP contribution < -0.4 is 5.32 Å². The zero-order valence-electron chi connectivity index (χ0n) is 24.5. The van der Waals surface area contributed by atoms with Gasteiger partial charge in [-0.3, -0.25) is 14.6 Å². The lowest BCUT2D eigenvalue weighted by molar-refractivity contribution is -0.127. The molecule has 1 aromatic heterocycles. The van der Waals surface area contributed by atoms with Gasteiger partial charge >= 0.3 is 0 Å². The van der Waals surface area contributed by atoms with E-state index < -0.39 is 0 Å². The van der Waals surface area contributed by atoms with Gasteiger partial charge in [0.15, 0.2) is 0 Å². The SMILES string of the molecule is CC(C)(C)c1ccc(-c2noc(CN3CCCC(C(=O)NCc4cccc(CN5CCCCCC5)c4)C3)n2)cc1. The largest absolute Gasteiger partial charge is 0.352 e. The molecule has 7 nitrogen and oxygen atoms in total. The highest BCUT2D eigenvalue weighted by Crippen LogP contribution is 2.26. The van der Waals surface area contributed by atoms with Gasteiger partial charge in [-0.2, -0.15) is 4.98 Å². The van der Waals surface area contributed by atoms with Crippen LogP contribution in [0.2, 0.25) is 0 Å². The van der Waals surface area contributed by atoms with Gasteiger partial charge in [-0.1, -0.05) is 87.3 Å². The lowest BCUT2D eigenvalue weighted by Gasteiger charge is -2.30.